The lowest BCUT2D eigenvalue weighted by Gasteiger charge is -2.22. The number of hydrogen-bond acceptors (Lipinski definition) is 6. The molecule has 1 aliphatic heterocycles. The summed E-state index contributed by atoms with van der Waals surface area (Å²) in [4.78, 5) is 9.11. The summed E-state index contributed by atoms with van der Waals surface area (Å²) in [6.07, 6.45) is 2.06. The molecule has 0 bridgehead atoms. The Morgan fingerprint density at radius 1 is 0.967 bits per heavy atom. The lowest BCUT2D eigenvalue weighted by atomic mass is 10.3. The Balaban J connectivity index is 1.30. The van der Waals surface area contributed by atoms with Gasteiger partial charge in [-0.3, -0.25) is 4.90 Å². The second-order valence-electron chi connectivity index (χ2n) is 7.28. The number of rotatable bonds is 4. The first kappa shape index (κ1) is 19.1. The maximum atomic E-state index is 13.1. The largest absolute Gasteiger partial charge is 0.354 e. The van der Waals surface area contributed by atoms with E-state index in [0.717, 1.165) is 55.0 Å². The number of anilines is 1. The van der Waals surface area contributed by atoms with Crippen LogP contribution in [0, 0.1) is 0 Å². The predicted octanol–water partition coefficient (Wildman–Crippen LogP) is 3.08. The molecule has 0 atom stereocenters. The molecule has 1 aliphatic rings. The molecule has 0 radical (unpaired) electrons. The van der Waals surface area contributed by atoms with Gasteiger partial charge in [0.1, 0.15) is 11.5 Å². The number of imidazole rings is 1. The van der Waals surface area contributed by atoms with Crippen molar-refractivity contribution in [1.29, 1.82) is 0 Å². The van der Waals surface area contributed by atoms with Crippen molar-refractivity contribution in [2.45, 2.75) is 19.4 Å². The molecule has 156 valence electrons. The van der Waals surface area contributed by atoms with Gasteiger partial charge < -0.3 is 9.30 Å². The summed E-state index contributed by atoms with van der Waals surface area (Å²) < 4.78 is 29.3. The number of nitrogens with zero attached hydrogens (tertiary/aromatic N) is 8. The summed E-state index contributed by atoms with van der Waals surface area (Å²) in [6.45, 7) is 4.01. The lowest BCUT2D eigenvalue weighted by molar-refractivity contribution is 0.137. The van der Waals surface area contributed by atoms with E-state index in [1.807, 2.05) is 28.9 Å². The molecular weight excluding hydrogens is 414 g/mol. The Hall–Kier alpha value is -2.85. The van der Waals surface area contributed by atoms with E-state index in [9.17, 15) is 8.78 Å². The van der Waals surface area contributed by atoms with Crippen molar-refractivity contribution in [3.63, 3.8) is 0 Å². The maximum Gasteiger partial charge on any atom is 0.299 e. The highest BCUT2D eigenvalue weighted by atomic mass is 35.5. The summed E-state index contributed by atoms with van der Waals surface area (Å²) in [5.41, 5.74) is 2.17. The number of aromatic nitrogens is 6. The zero-order valence-corrected chi connectivity index (χ0v) is 16.8. The van der Waals surface area contributed by atoms with E-state index in [1.54, 1.807) is 12.1 Å². The van der Waals surface area contributed by atoms with Gasteiger partial charge >= 0.3 is 0 Å². The van der Waals surface area contributed by atoms with E-state index in [-0.39, 0.29) is 0 Å². The first-order valence-electron chi connectivity index (χ1n) is 9.68. The van der Waals surface area contributed by atoms with E-state index in [1.165, 1.54) is 0 Å². The number of alkyl halides is 2. The number of hydrogen-bond donors (Lipinski definition) is 0. The van der Waals surface area contributed by atoms with Gasteiger partial charge in [-0.15, -0.1) is 15.3 Å². The van der Waals surface area contributed by atoms with Crippen LogP contribution in [0.2, 0.25) is 5.02 Å². The Morgan fingerprint density at radius 2 is 1.83 bits per heavy atom. The minimum Gasteiger partial charge on any atom is -0.354 e. The van der Waals surface area contributed by atoms with Crippen molar-refractivity contribution >= 4 is 28.7 Å². The number of halogens is 3. The van der Waals surface area contributed by atoms with Crippen LogP contribution in [0.4, 0.5) is 14.6 Å². The van der Waals surface area contributed by atoms with Crippen molar-refractivity contribution in [1.82, 2.24) is 34.1 Å². The van der Waals surface area contributed by atoms with Crippen LogP contribution in [-0.2, 0) is 6.54 Å². The van der Waals surface area contributed by atoms with Crippen molar-refractivity contribution in [2.24, 2.45) is 0 Å². The summed E-state index contributed by atoms with van der Waals surface area (Å²) >= 11 is 6.05. The Labute approximate surface area is 175 Å². The van der Waals surface area contributed by atoms with Gasteiger partial charge in [-0.05, 0) is 30.7 Å². The molecule has 4 aromatic rings. The van der Waals surface area contributed by atoms with E-state index < -0.39 is 12.2 Å². The molecule has 0 aliphatic carbocycles. The third-order valence-electron chi connectivity index (χ3n) is 5.23. The summed E-state index contributed by atoms with van der Waals surface area (Å²) in [7, 11) is 0. The van der Waals surface area contributed by atoms with Crippen LogP contribution in [0.1, 0.15) is 24.4 Å². The van der Waals surface area contributed by atoms with Crippen LogP contribution < -0.4 is 4.90 Å². The first-order chi connectivity index (χ1) is 14.6. The molecule has 11 heteroatoms. The average molecular weight is 433 g/mol. The van der Waals surface area contributed by atoms with E-state index in [4.69, 9.17) is 11.6 Å². The maximum absolute atomic E-state index is 13.1. The normalized spacial score (nSPS) is 16.1. The van der Waals surface area contributed by atoms with Crippen LogP contribution in [0.15, 0.2) is 36.7 Å². The van der Waals surface area contributed by atoms with E-state index in [0.29, 0.717) is 16.5 Å². The van der Waals surface area contributed by atoms with Crippen LogP contribution in [0.5, 0.6) is 0 Å². The Kier molecular flexibility index (Phi) is 4.95. The standard InChI is InChI=1S/C19H19ClF2N8/c20-13-2-3-15-23-14(12-29(15)10-13)11-27-6-1-7-28(9-8-27)17-5-4-16-24-25-19(18(21)22)30(16)26-17/h2-5,10,12,18H,1,6-9,11H2. The number of fused-ring (bicyclic) bond motifs is 2. The van der Waals surface area contributed by atoms with Gasteiger partial charge in [0.05, 0.1) is 10.7 Å². The molecule has 8 nitrogen and oxygen atoms in total. The highest BCUT2D eigenvalue weighted by Gasteiger charge is 2.20. The quantitative estimate of drug-likeness (QED) is 0.493. The molecule has 0 spiro atoms. The molecule has 5 rings (SSSR count). The highest BCUT2D eigenvalue weighted by molar-refractivity contribution is 6.30. The molecule has 30 heavy (non-hydrogen) atoms. The fraction of sp³-hybridized carbons (Fsp3) is 0.368. The predicted molar refractivity (Wildman–Crippen MR) is 108 cm³/mol. The van der Waals surface area contributed by atoms with Gasteiger partial charge in [0.15, 0.2) is 5.65 Å². The summed E-state index contributed by atoms with van der Waals surface area (Å²) in [6, 6.07) is 7.21. The third kappa shape index (κ3) is 3.68. The van der Waals surface area contributed by atoms with Crippen molar-refractivity contribution in [3.8, 4) is 0 Å². The SMILES string of the molecule is FC(F)c1nnc2ccc(N3CCCN(Cc4cn5cc(Cl)ccc5n4)CC3)nn12. The molecule has 0 aromatic carbocycles. The van der Waals surface area contributed by atoms with Gasteiger partial charge in [0.25, 0.3) is 6.43 Å². The van der Waals surface area contributed by atoms with Gasteiger partial charge in [-0.25, -0.2) is 13.8 Å². The second kappa shape index (κ2) is 7.77. The fourth-order valence-electron chi connectivity index (χ4n) is 3.78. The molecule has 0 unspecified atom stereocenters. The fourth-order valence-corrected chi connectivity index (χ4v) is 3.95. The minimum atomic E-state index is -2.72. The number of pyridine rings is 1. The monoisotopic (exact) mass is 432 g/mol. The molecule has 5 heterocycles. The zero-order chi connectivity index (χ0) is 20.7. The molecule has 0 saturated carbocycles. The van der Waals surface area contributed by atoms with Crippen LogP contribution >= 0.6 is 11.6 Å². The highest BCUT2D eigenvalue weighted by Crippen LogP contribution is 2.20. The second-order valence-corrected chi connectivity index (χ2v) is 7.72. The molecule has 0 amide bonds. The summed E-state index contributed by atoms with van der Waals surface area (Å²) in [5, 5.41) is 12.3. The van der Waals surface area contributed by atoms with Crippen molar-refractivity contribution in [3.05, 3.63) is 53.2 Å². The Bertz CT molecular complexity index is 1190. The first-order valence-corrected chi connectivity index (χ1v) is 10.1. The Morgan fingerprint density at radius 3 is 2.70 bits per heavy atom. The van der Waals surface area contributed by atoms with Crippen LogP contribution in [-0.4, -0.2) is 60.3 Å². The zero-order valence-electron chi connectivity index (χ0n) is 16.0. The van der Waals surface area contributed by atoms with E-state index in [2.05, 4.69) is 30.1 Å². The topological polar surface area (TPSA) is 66.9 Å². The van der Waals surface area contributed by atoms with Gasteiger partial charge in [-0.2, -0.15) is 4.52 Å². The van der Waals surface area contributed by atoms with Crippen LogP contribution in [0.3, 0.4) is 0 Å². The molecule has 4 aromatic heterocycles. The van der Waals surface area contributed by atoms with Crippen LogP contribution in [0.25, 0.3) is 11.3 Å². The lowest BCUT2D eigenvalue weighted by Crippen LogP contribution is -2.31. The molecule has 0 N–H and O–H groups in total. The molecule has 1 saturated heterocycles. The average Bonchev–Trinajstić information content (AvgIpc) is 3.25. The smallest absolute Gasteiger partial charge is 0.299 e. The minimum absolute atomic E-state index is 0.317. The van der Waals surface area contributed by atoms with Crippen molar-refractivity contribution in [2.75, 3.05) is 31.1 Å². The van der Waals surface area contributed by atoms with Gasteiger partial charge in [0.2, 0.25) is 5.82 Å². The van der Waals surface area contributed by atoms with Gasteiger partial charge in [-0.1, -0.05) is 11.6 Å². The molecular formula is C19H19ClF2N8. The molecule has 1 fully saturated rings. The van der Waals surface area contributed by atoms with E-state index >= 15 is 0 Å². The van der Waals surface area contributed by atoms with Gasteiger partial charge in [0, 0.05) is 45.1 Å². The third-order valence-corrected chi connectivity index (χ3v) is 5.45. The summed E-state index contributed by atoms with van der Waals surface area (Å²) in [5.74, 6) is 0.212. The van der Waals surface area contributed by atoms with Crippen molar-refractivity contribution < 1.29 is 8.78 Å².